The Kier molecular flexibility index (Phi) is 6.93. The molecule has 28 heavy (non-hydrogen) atoms. The smallest absolute Gasteiger partial charge is 0.269 e. The Morgan fingerprint density at radius 2 is 1.82 bits per heavy atom. The molecule has 0 saturated heterocycles. The molecule has 1 aromatic heterocycles. The van der Waals surface area contributed by atoms with Crippen LogP contribution in [0.25, 0.3) is 0 Å². The van der Waals surface area contributed by atoms with Crippen LogP contribution < -0.4 is 10.1 Å². The van der Waals surface area contributed by atoms with Crippen molar-refractivity contribution in [1.82, 2.24) is 10.2 Å². The topological polar surface area (TPSA) is 64.1 Å². The molecule has 8 heteroatoms. The third-order valence-corrected chi connectivity index (χ3v) is 6.05. The number of nitrogens with one attached hydrogen (secondary N) is 1. The number of benzene rings is 2. The molecular weight excluding hydrogens is 414 g/mol. The second kappa shape index (κ2) is 9.41. The van der Waals surface area contributed by atoms with Crippen molar-refractivity contribution in [2.75, 3.05) is 5.32 Å². The second-order valence-corrected chi connectivity index (χ2v) is 8.98. The molecule has 1 heterocycles. The zero-order valence-corrected chi connectivity index (χ0v) is 17.9. The molecule has 1 N–H and O–H groups in total. The molecule has 2 aromatic carbocycles. The SMILES string of the molecule is CC(C)(Oc1ccc(Cl)cc1)C(=O)Nc1nnc(CSCc2ccccc2)s1. The van der Waals surface area contributed by atoms with Gasteiger partial charge in [-0.05, 0) is 43.7 Å². The fourth-order valence-corrected chi connectivity index (χ4v) is 4.19. The van der Waals surface area contributed by atoms with Gasteiger partial charge in [-0.3, -0.25) is 10.1 Å². The van der Waals surface area contributed by atoms with Crippen molar-refractivity contribution in [2.45, 2.75) is 31.0 Å². The molecule has 0 spiro atoms. The number of nitrogens with zero attached hydrogens (tertiary/aromatic N) is 2. The van der Waals surface area contributed by atoms with Crippen LogP contribution in [-0.2, 0) is 16.3 Å². The van der Waals surface area contributed by atoms with Crippen molar-refractivity contribution in [3.63, 3.8) is 0 Å². The van der Waals surface area contributed by atoms with Gasteiger partial charge in [0, 0.05) is 16.5 Å². The van der Waals surface area contributed by atoms with Crippen molar-refractivity contribution in [1.29, 1.82) is 0 Å². The summed E-state index contributed by atoms with van der Waals surface area (Å²) in [6.07, 6.45) is 0. The Morgan fingerprint density at radius 1 is 1.11 bits per heavy atom. The van der Waals surface area contributed by atoms with Gasteiger partial charge in [0.2, 0.25) is 5.13 Å². The van der Waals surface area contributed by atoms with Gasteiger partial charge in [0.15, 0.2) is 5.60 Å². The average Bonchev–Trinajstić information content (AvgIpc) is 3.11. The normalized spacial score (nSPS) is 11.2. The predicted molar refractivity (Wildman–Crippen MR) is 116 cm³/mol. The van der Waals surface area contributed by atoms with Gasteiger partial charge in [-0.2, -0.15) is 0 Å². The number of ether oxygens (including phenoxy) is 1. The minimum absolute atomic E-state index is 0.290. The highest BCUT2D eigenvalue weighted by atomic mass is 35.5. The maximum Gasteiger partial charge on any atom is 0.269 e. The van der Waals surface area contributed by atoms with Crippen LogP contribution in [0.1, 0.15) is 24.4 Å². The molecule has 0 unspecified atom stereocenters. The van der Waals surface area contributed by atoms with Crippen LogP contribution in [0.15, 0.2) is 54.6 Å². The minimum atomic E-state index is -1.07. The average molecular weight is 434 g/mol. The standard InChI is InChI=1S/C20H20ClN3O2S2/c1-20(2,26-16-10-8-15(21)9-11-16)18(25)22-19-24-23-17(28-19)13-27-12-14-6-4-3-5-7-14/h3-11H,12-13H2,1-2H3,(H,22,24,25). The number of anilines is 1. The number of halogens is 1. The van der Waals surface area contributed by atoms with Crippen molar-refractivity contribution in [3.8, 4) is 5.75 Å². The van der Waals surface area contributed by atoms with E-state index in [-0.39, 0.29) is 5.91 Å². The molecule has 0 aliphatic heterocycles. The van der Waals surface area contributed by atoms with E-state index in [1.165, 1.54) is 16.9 Å². The molecule has 1 amide bonds. The first-order chi connectivity index (χ1) is 13.4. The van der Waals surface area contributed by atoms with Crippen LogP contribution in [0.3, 0.4) is 0 Å². The molecule has 0 fully saturated rings. The van der Waals surface area contributed by atoms with Crippen LogP contribution in [0, 0.1) is 0 Å². The van der Waals surface area contributed by atoms with Crippen molar-refractivity contribution >= 4 is 45.7 Å². The number of amides is 1. The number of aromatic nitrogens is 2. The lowest BCUT2D eigenvalue weighted by atomic mass is 10.1. The van der Waals surface area contributed by atoms with E-state index < -0.39 is 5.60 Å². The van der Waals surface area contributed by atoms with Crippen LogP contribution in [-0.4, -0.2) is 21.7 Å². The lowest BCUT2D eigenvalue weighted by molar-refractivity contribution is -0.128. The first kappa shape index (κ1) is 20.6. The lowest BCUT2D eigenvalue weighted by Gasteiger charge is -2.24. The van der Waals surface area contributed by atoms with E-state index in [2.05, 4.69) is 27.6 Å². The number of hydrogen-bond acceptors (Lipinski definition) is 6. The number of carbonyl (C=O) groups is 1. The summed E-state index contributed by atoms with van der Waals surface area (Å²) in [7, 11) is 0. The first-order valence-electron chi connectivity index (χ1n) is 8.62. The number of carbonyl (C=O) groups excluding carboxylic acids is 1. The molecule has 3 rings (SSSR count). The van der Waals surface area contributed by atoms with Crippen LogP contribution in [0.4, 0.5) is 5.13 Å². The monoisotopic (exact) mass is 433 g/mol. The summed E-state index contributed by atoms with van der Waals surface area (Å²) in [5, 5.41) is 13.0. The summed E-state index contributed by atoms with van der Waals surface area (Å²) < 4.78 is 5.79. The molecule has 0 aliphatic carbocycles. The van der Waals surface area contributed by atoms with Crippen molar-refractivity contribution < 1.29 is 9.53 Å². The van der Waals surface area contributed by atoms with Crippen LogP contribution in [0.5, 0.6) is 5.75 Å². The summed E-state index contributed by atoms with van der Waals surface area (Å²) in [6.45, 7) is 3.41. The summed E-state index contributed by atoms with van der Waals surface area (Å²) in [4.78, 5) is 12.6. The molecule has 0 saturated carbocycles. The van der Waals surface area contributed by atoms with Crippen molar-refractivity contribution in [2.24, 2.45) is 0 Å². The van der Waals surface area contributed by atoms with E-state index in [1.54, 1.807) is 49.9 Å². The van der Waals surface area contributed by atoms with E-state index in [0.29, 0.717) is 15.9 Å². The Labute approximate surface area is 177 Å². The maximum atomic E-state index is 12.6. The first-order valence-corrected chi connectivity index (χ1v) is 11.0. The summed E-state index contributed by atoms with van der Waals surface area (Å²) >= 11 is 9.01. The zero-order valence-electron chi connectivity index (χ0n) is 15.5. The fraction of sp³-hybridized carbons (Fsp3) is 0.250. The summed E-state index contributed by atoms with van der Waals surface area (Å²) in [5.74, 6) is 1.93. The quantitative estimate of drug-likeness (QED) is 0.513. The Hall–Kier alpha value is -2.09. The minimum Gasteiger partial charge on any atom is -0.478 e. The van der Waals surface area contributed by atoms with Gasteiger partial charge in [-0.15, -0.1) is 22.0 Å². The van der Waals surface area contributed by atoms with Gasteiger partial charge in [-0.1, -0.05) is 53.3 Å². The number of rotatable bonds is 8. The van der Waals surface area contributed by atoms with Gasteiger partial charge in [0.1, 0.15) is 10.8 Å². The second-order valence-electron chi connectivity index (χ2n) is 6.50. The Balaban J connectivity index is 1.51. The highest BCUT2D eigenvalue weighted by Gasteiger charge is 2.31. The van der Waals surface area contributed by atoms with E-state index in [1.807, 2.05) is 18.2 Å². The van der Waals surface area contributed by atoms with Crippen molar-refractivity contribution in [3.05, 3.63) is 70.2 Å². The molecule has 0 aliphatic rings. The fourth-order valence-electron chi connectivity index (χ4n) is 2.28. The Bertz CT molecular complexity index is 915. The number of hydrogen-bond donors (Lipinski definition) is 1. The van der Waals surface area contributed by atoms with E-state index in [9.17, 15) is 4.79 Å². The molecular formula is C20H20ClN3O2S2. The highest BCUT2D eigenvalue weighted by molar-refractivity contribution is 7.97. The van der Waals surface area contributed by atoms with Gasteiger partial charge in [0.25, 0.3) is 5.91 Å². The zero-order chi connectivity index (χ0) is 20.0. The van der Waals surface area contributed by atoms with E-state index >= 15 is 0 Å². The van der Waals surface area contributed by atoms with Gasteiger partial charge in [-0.25, -0.2) is 0 Å². The van der Waals surface area contributed by atoms with Crippen LogP contribution >= 0.6 is 34.7 Å². The summed E-state index contributed by atoms with van der Waals surface area (Å²) in [6, 6.07) is 17.2. The summed E-state index contributed by atoms with van der Waals surface area (Å²) in [5.41, 5.74) is 0.202. The molecule has 0 atom stereocenters. The van der Waals surface area contributed by atoms with Gasteiger partial charge < -0.3 is 4.74 Å². The Morgan fingerprint density at radius 3 is 2.54 bits per heavy atom. The molecule has 0 radical (unpaired) electrons. The van der Waals surface area contributed by atoms with Gasteiger partial charge in [0.05, 0.1) is 0 Å². The molecule has 5 nitrogen and oxygen atoms in total. The third kappa shape index (κ3) is 5.95. The largest absolute Gasteiger partial charge is 0.478 e. The highest BCUT2D eigenvalue weighted by Crippen LogP contribution is 2.25. The molecule has 146 valence electrons. The maximum absolute atomic E-state index is 12.6. The van der Waals surface area contributed by atoms with Gasteiger partial charge >= 0.3 is 0 Å². The lowest BCUT2D eigenvalue weighted by Crippen LogP contribution is -2.42. The van der Waals surface area contributed by atoms with E-state index in [4.69, 9.17) is 16.3 Å². The molecule has 0 bridgehead atoms. The van der Waals surface area contributed by atoms with E-state index in [0.717, 1.165) is 16.5 Å². The third-order valence-electron chi connectivity index (χ3n) is 3.76. The van der Waals surface area contributed by atoms with Crippen LogP contribution in [0.2, 0.25) is 5.02 Å². The predicted octanol–water partition coefficient (Wildman–Crippen LogP) is 5.42. The molecule has 3 aromatic rings. The number of thioether (sulfide) groups is 1.